The maximum Gasteiger partial charge on any atom is 0.120 e. The minimum Gasteiger partial charge on any atom is -0.508 e. The molecule has 0 aliphatic heterocycles. The van der Waals surface area contributed by atoms with Crippen LogP contribution in [0.25, 0.3) is 0 Å². The van der Waals surface area contributed by atoms with Crippen molar-refractivity contribution in [1.82, 2.24) is 0 Å². The first kappa shape index (κ1) is 13.5. The maximum absolute atomic E-state index is 9.50. The number of phenolic OH excluding ortho intramolecular Hbond substituents is 1. The van der Waals surface area contributed by atoms with Crippen LogP contribution in [0, 0.1) is 0 Å². The topological polar surface area (TPSA) is 46.2 Å². The number of aromatic hydroxyl groups is 1. The molecule has 0 heterocycles. The van der Waals surface area contributed by atoms with Gasteiger partial charge in [-0.25, -0.2) is 0 Å². The lowest BCUT2D eigenvalue weighted by Crippen LogP contribution is -2.09. The molecular weight excluding hydrogens is 265 g/mol. The van der Waals surface area contributed by atoms with Gasteiger partial charge in [-0.2, -0.15) is 0 Å². The second kappa shape index (κ2) is 6.06. The van der Waals surface area contributed by atoms with Gasteiger partial charge in [-0.05, 0) is 24.6 Å². The Hall–Kier alpha value is -0.510. The summed E-state index contributed by atoms with van der Waals surface area (Å²) >= 11 is 3.32. The van der Waals surface area contributed by atoms with Crippen molar-refractivity contribution in [2.45, 2.75) is 12.5 Å². The highest BCUT2D eigenvalue weighted by molar-refractivity contribution is 9.10. The molecule has 0 bridgehead atoms. The molecule has 0 saturated heterocycles. The molecular formula is C10H13BrClNO. The van der Waals surface area contributed by atoms with Crippen molar-refractivity contribution in [2.75, 3.05) is 0 Å². The van der Waals surface area contributed by atoms with E-state index in [0.29, 0.717) is 6.42 Å². The number of hydrogen-bond acceptors (Lipinski definition) is 2. The number of hydrogen-bond donors (Lipinski definition) is 2. The first-order valence-corrected chi connectivity index (χ1v) is 4.79. The normalized spacial score (nSPS) is 11.6. The highest BCUT2D eigenvalue weighted by atomic mass is 79.9. The minimum absolute atomic E-state index is 0. The van der Waals surface area contributed by atoms with Crippen molar-refractivity contribution < 1.29 is 5.11 Å². The van der Waals surface area contributed by atoms with Crippen molar-refractivity contribution in [3.63, 3.8) is 0 Å². The Balaban J connectivity index is 0.00000169. The predicted octanol–water partition coefficient (Wildman–Crippen LogP) is 3.15. The standard InChI is InChI=1S/C10H12BrNO.ClH/c1-2-3-9(12)8-6-7(11)4-5-10(8)13;/h2,4-6,9,13H,1,3,12H2;1H/t9-;/m1./s1. The van der Waals surface area contributed by atoms with Crippen molar-refractivity contribution in [3.8, 4) is 5.75 Å². The summed E-state index contributed by atoms with van der Waals surface area (Å²) in [6.07, 6.45) is 2.40. The molecule has 0 amide bonds. The quantitative estimate of drug-likeness (QED) is 0.834. The molecule has 1 aromatic rings. The lowest BCUT2D eigenvalue weighted by molar-refractivity contribution is 0.461. The van der Waals surface area contributed by atoms with E-state index in [-0.39, 0.29) is 24.2 Å². The minimum atomic E-state index is -0.185. The molecule has 1 rings (SSSR count). The van der Waals surface area contributed by atoms with Gasteiger partial charge in [0.2, 0.25) is 0 Å². The van der Waals surface area contributed by atoms with Crippen molar-refractivity contribution in [2.24, 2.45) is 5.73 Å². The Labute approximate surface area is 98.4 Å². The molecule has 0 fully saturated rings. The number of nitrogens with two attached hydrogens (primary N) is 1. The fraction of sp³-hybridized carbons (Fsp3) is 0.200. The van der Waals surface area contributed by atoms with Crippen molar-refractivity contribution in [3.05, 3.63) is 40.9 Å². The van der Waals surface area contributed by atoms with Crippen LogP contribution in [0.5, 0.6) is 5.75 Å². The molecule has 2 nitrogen and oxygen atoms in total. The Kier molecular flexibility index (Phi) is 5.84. The summed E-state index contributed by atoms with van der Waals surface area (Å²) in [5, 5.41) is 9.50. The van der Waals surface area contributed by atoms with E-state index in [1.54, 1.807) is 18.2 Å². The average Bonchev–Trinajstić information content (AvgIpc) is 2.09. The number of benzene rings is 1. The Bertz CT molecular complexity index is 317. The summed E-state index contributed by atoms with van der Waals surface area (Å²) in [6.45, 7) is 3.60. The summed E-state index contributed by atoms with van der Waals surface area (Å²) in [6, 6.07) is 5.04. The molecule has 0 aliphatic carbocycles. The average molecular weight is 279 g/mol. The van der Waals surface area contributed by atoms with Crippen molar-refractivity contribution in [1.29, 1.82) is 0 Å². The van der Waals surface area contributed by atoms with Gasteiger partial charge >= 0.3 is 0 Å². The molecule has 0 saturated carbocycles. The molecule has 1 atom stereocenters. The van der Waals surface area contributed by atoms with E-state index in [1.165, 1.54) is 0 Å². The smallest absolute Gasteiger partial charge is 0.120 e. The molecule has 3 N–H and O–H groups in total. The van der Waals surface area contributed by atoms with E-state index in [0.717, 1.165) is 10.0 Å². The van der Waals surface area contributed by atoms with Gasteiger partial charge in [0.15, 0.2) is 0 Å². The fourth-order valence-electron chi connectivity index (χ4n) is 1.13. The van der Waals surface area contributed by atoms with Gasteiger partial charge in [-0.3, -0.25) is 0 Å². The predicted molar refractivity (Wildman–Crippen MR) is 64.8 cm³/mol. The third-order valence-corrected chi connectivity index (χ3v) is 2.30. The van der Waals surface area contributed by atoms with Crippen LogP contribution >= 0.6 is 28.3 Å². The lowest BCUT2D eigenvalue weighted by atomic mass is 10.0. The molecule has 0 aromatic heterocycles. The first-order chi connectivity index (χ1) is 6.15. The van der Waals surface area contributed by atoms with Gasteiger partial charge in [0.05, 0.1) is 0 Å². The highest BCUT2D eigenvalue weighted by Crippen LogP contribution is 2.27. The van der Waals surface area contributed by atoms with Crippen LogP contribution in [-0.4, -0.2) is 5.11 Å². The highest BCUT2D eigenvalue weighted by Gasteiger charge is 2.09. The zero-order valence-electron chi connectivity index (χ0n) is 7.61. The lowest BCUT2D eigenvalue weighted by Gasteiger charge is -2.11. The van der Waals surface area contributed by atoms with Crippen molar-refractivity contribution >= 4 is 28.3 Å². The summed E-state index contributed by atoms with van der Waals surface area (Å²) in [5.41, 5.74) is 6.57. The number of halogens is 2. The van der Waals surface area contributed by atoms with E-state index < -0.39 is 0 Å². The Morgan fingerprint density at radius 3 is 2.79 bits per heavy atom. The van der Waals surface area contributed by atoms with Crippen LogP contribution in [-0.2, 0) is 0 Å². The first-order valence-electron chi connectivity index (χ1n) is 4.00. The summed E-state index contributed by atoms with van der Waals surface area (Å²) in [7, 11) is 0. The van der Waals surface area contributed by atoms with E-state index in [9.17, 15) is 5.11 Å². The molecule has 0 aliphatic rings. The molecule has 0 radical (unpaired) electrons. The van der Waals surface area contributed by atoms with Crippen LogP contribution in [0.15, 0.2) is 35.3 Å². The third-order valence-electron chi connectivity index (χ3n) is 1.81. The van der Waals surface area contributed by atoms with E-state index in [1.807, 2.05) is 6.07 Å². The zero-order valence-corrected chi connectivity index (χ0v) is 10.0. The second-order valence-electron chi connectivity index (χ2n) is 2.83. The van der Waals surface area contributed by atoms with Gasteiger partial charge in [0.25, 0.3) is 0 Å². The molecule has 1 aromatic carbocycles. The number of phenols is 1. The molecule has 0 spiro atoms. The SMILES string of the molecule is C=CC[C@@H](N)c1cc(Br)ccc1O.Cl. The zero-order chi connectivity index (χ0) is 9.84. The van der Waals surface area contributed by atoms with Crippen LogP contribution in [0.1, 0.15) is 18.0 Å². The summed E-state index contributed by atoms with van der Waals surface area (Å²) < 4.78 is 0.916. The summed E-state index contributed by atoms with van der Waals surface area (Å²) in [4.78, 5) is 0. The molecule has 0 unspecified atom stereocenters. The van der Waals surface area contributed by atoms with Gasteiger partial charge in [-0.15, -0.1) is 19.0 Å². The largest absolute Gasteiger partial charge is 0.508 e. The van der Waals surface area contributed by atoms with Gasteiger partial charge in [0, 0.05) is 16.1 Å². The van der Waals surface area contributed by atoms with Crippen LogP contribution in [0.2, 0.25) is 0 Å². The monoisotopic (exact) mass is 277 g/mol. The van der Waals surface area contributed by atoms with Gasteiger partial charge in [-0.1, -0.05) is 22.0 Å². The third kappa shape index (κ3) is 3.33. The Morgan fingerprint density at radius 1 is 1.57 bits per heavy atom. The van der Waals surface area contributed by atoms with Crippen LogP contribution in [0.4, 0.5) is 0 Å². The second-order valence-corrected chi connectivity index (χ2v) is 3.75. The van der Waals surface area contributed by atoms with E-state index in [4.69, 9.17) is 5.73 Å². The van der Waals surface area contributed by atoms with Gasteiger partial charge in [0.1, 0.15) is 5.75 Å². The summed E-state index contributed by atoms with van der Waals surface area (Å²) in [5.74, 6) is 0.234. The molecule has 4 heteroatoms. The van der Waals surface area contributed by atoms with E-state index in [2.05, 4.69) is 22.5 Å². The fourth-order valence-corrected chi connectivity index (χ4v) is 1.51. The molecule has 78 valence electrons. The maximum atomic E-state index is 9.50. The van der Waals surface area contributed by atoms with E-state index >= 15 is 0 Å². The van der Waals surface area contributed by atoms with Crippen LogP contribution < -0.4 is 5.73 Å². The Morgan fingerprint density at radius 2 is 2.21 bits per heavy atom. The van der Waals surface area contributed by atoms with Crippen LogP contribution in [0.3, 0.4) is 0 Å². The number of rotatable bonds is 3. The molecule has 14 heavy (non-hydrogen) atoms. The van der Waals surface area contributed by atoms with Gasteiger partial charge < -0.3 is 10.8 Å².